The number of likely N-dealkylation sites (tertiary alicyclic amines) is 1. The molecule has 1 unspecified atom stereocenters. The van der Waals surface area contributed by atoms with Crippen molar-refractivity contribution in [1.82, 2.24) is 10.2 Å². The number of carbonyl (C=O) groups excluding carboxylic acids is 1. The molecule has 1 amide bonds. The van der Waals surface area contributed by atoms with Gasteiger partial charge in [-0.1, -0.05) is 12.8 Å². The van der Waals surface area contributed by atoms with Gasteiger partial charge in [0.2, 0.25) is 5.91 Å². The van der Waals surface area contributed by atoms with E-state index in [1.54, 1.807) is 6.92 Å². The zero-order chi connectivity index (χ0) is 13.6. The van der Waals surface area contributed by atoms with Gasteiger partial charge in [-0.15, -0.1) is 11.6 Å². The standard InChI is InChI=1S/C14H27ClN2O/c1-12(15)13(18)16-14(2,3)8-11-17-9-6-4-5-7-10-17/h12H,4-11H2,1-3H3,(H,16,18). The van der Waals surface area contributed by atoms with Gasteiger partial charge < -0.3 is 10.2 Å². The topological polar surface area (TPSA) is 32.3 Å². The molecule has 0 aromatic rings. The van der Waals surface area contributed by atoms with Gasteiger partial charge >= 0.3 is 0 Å². The third-order valence-electron chi connectivity index (χ3n) is 3.57. The molecule has 0 aromatic heterocycles. The second kappa shape index (κ2) is 7.34. The van der Waals surface area contributed by atoms with Gasteiger partial charge in [-0.25, -0.2) is 0 Å². The van der Waals surface area contributed by atoms with Crippen LogP contribution >= 0.6 is 11.6 Å². The molecule has 0 spiro atoms. The van der Waals surface area contributed by atoms with Crippen molar-refractivity contribution in [3.63, 3.8) is 0 Å². The Kier molecular flexibility index (Phi) is 6.44. The number of hydrogen-bond acceptors (Lipinski definition) is 2. The molecule has 18 heavy (non-hydrogen) atoms. The highest BCUT2D eigenvalue weighted by molar-refractivity contribution is 6.30. The van der Waals surface area contributed by atoms with Crippen LogP contribution in [0.4, 0.5) is 0 Å². The van der Waals surface area contributed by atoms with Crippen LogP contribution in [-0.4, -0.2) is 41.4 Å². The van der Waals surface area contributed by atoms with Crippen molar-refractivity contribution in [2.24, 2.45) is 0 Å². The number of hydrogen-bond donors (Lipinski definition) is 1. The number of nitrogens with one attached hydrogen (secondary N) is 1. The Balaban J connectivity index is 2.33. The summed E-state index contributed by atoms with van der Waals surface area (Å²) < 4.78 is 0. The molecule has 0 aromatic carbocycles. The highest BCUT2D eigenvalue weighted by atomic mass is 35.5. The molecule has 1 N–H and O–H groups in total. The summed E-state index contributed by atoms with van der Waals surface area (Å²) in [5.74, 6) is -0.0717. The maximum Gasteiger partial charge on any atom is 0.238 e. The molecule has 1 rings (SSSR count). The van der Waals surface area contributed by atoms with Gasteiger partial charge in [0.05, 0.1) is 0 Å². The Morgan fingerprint density at radius 2 is 1.83 bits per heavy atom. The number of halogens is 1. The molecule has 1 aliphatic heterocycles. The molecule has 4 heteroatoms. The minimum absolute atomic E-state index is 0.0717. The van der Waals surface area contributed by atoms with Gasteiger partial charge in [-0.2, -0.15) is 0 Å². The first-order chi connectivity index (χ1) is 8.41. The first-order valence-electron chi connectivity index (χ1n) is 7.09. The molecule has 1 heterocycles. The van der Waals surface area contributed by atoms with Crippen molar-refractivity contribution in [2.45, 2.75) is 63.8 Å². The predicted molar refractivity (Wildman–Crippen MR) is 77.1 cm³/mol. The zero-order valence-electron chi connectivity index (χ0n) is 12.0. The van der Waals surface area contributed by atoms with E-state index in [1.807, 2.05) is 0 Å². The van der Waals surface area contributed by atoms with E-state index in [0.29, 0.717) is 0 Å². The lowest BCUT2D eigenvalue weighted by Crippen LogP contribution is -2.48. The van der Waals surface area contributed by atoms with E-state index in [-0.39, 0.29) is 11.4 Å². The van der Waals surface area contributed by atoms with Crippen LogP contribution in [0.25, 0.3) is 0 Å². The van der Waals surface area contributed by atoms with Crippen LogP contribution in [0, 0.1) is 0 Å². The zero-order valence-corrected chi connectivity index (χ0v) is 12.7. The number of alkyl halides is 1. The quantitative estimate of drug-likeness (QED) is 0.782. The van der Waals surface area contributed by atoms with E-state index in [0.717, 1.165) is 13.0 Å². The lowest BCUT2D eigenvalue weighted by Gasteiger charge is -2.30. The molecule has 0 aliphatic carbocycles. The van der Waals surface area contributed by atoms with Crippen LogP contribution in [0.5, 0.6) is 0 Å². The molecule has 1 atom stereocenters. The lowest BCUT2D eigenvalue weighted by molar-refractivity contribution is -0.122. The number of rotatable bonds is 5. The number of nitrogens with zero attached hydrogens (tertiary/aromatic N) is 1. The Hall–Kier alpha value is -0.280. The summed E-state index contributed by atoms with van der Waals surface area (Å²) in [6, 6.07) is 0. The monoisotopic (exact) mass is 274 g/mol. The van der Waals surface area contributed by atoms with Crippen molar-refractivity contribution < 1.29 is 4.79 Å². The Bertz CT molecular complexity index is 259. The molecule has 1 fully saturated rings. The molecule has 1 aliphatic rings. The number of amides is 1. The van der Waals surface area contributed by atoms with Crippen molar-refractivity contribution in [1.29, 1.82) is 0 Å². The van der Waals surface area contributed by atoms with Crippen molar-refractivity contribution in [3.05, 3.63) is 0 Å². The summed E-state index contributed by atoms with van der Waals surface area (Å²) in [7, 11) is 0. The molecule has 3 nitrogen and oxygen atoms in total. The minimum Gasteiger partial charge on any atom is -0.350 e. The third kappa shape index (κ3) is 6.05. The van der Waals surface area contributed by atoms with E-state index >= 15 is 0 Å². The number of carbonyl (C=O) groups is 1. The first kappa shape index (κ1) is 15.8. The first-order valence-corrected chi connectivity index (χ1v) is 7.53. The van der Waals surface area contributed by atoms with Crippen LogP contribution in [0.1, 0.15) is 52.9 Å². The SMILES string of the molecule is CC(Cl)C(=O)NC(C)(C)CCN1CCCCCC1. The largest absolute Gasteiger partial charge is 0.350 e. The second-order valence-electron chi connectivity index (χ2n) is 5.99. The summed E-state index contributed by atoms with van der Waals surface area (Å²) in [4.78, 5) is 14.1. The van der Waals surface area contributed by atoms with Crippen LogP contribution in [0.15, 0.2) is 0 Å². The van der Waals surface area contributed by atoms with Gasteiger partial charge in [0, 0.05) is 12.1 Å². The summed E-state index contributed by atoms with van der Waals surface area (Å²) in [5, 5.41) is 2.56. The normalized spacial score (nSPS) is 20.2. The predicted octanol–water partition coefficient (Wildman–Crippen LogP) is 2.77. The molecule has 0 saturated carbocycles. The molecule has 0 radical (unpaired) electrons. The highest BCUT2D eigenvalue weighted by Crippen LogP contribution is 2.14. The van der Waals surface area contributed by atoms with Gasteiger partial charge in [0.15, 0.2) is 0 Å². The molecule has 0 bridgehead atoms. The van der Waals surface area contributed by atoms with Crippen LogP contribution in [0.3, 0.4) is 0 Å². The Labute approximate surface area is 116 Å². The average molecular weight is 275 g/mol. The fourth-order valence-corrected chi connectivity index (χ4v) is 2.35. The molecular weight excluding hydrogens is 248 g/mol. The van der Waals surface area contributed by atoms with E-state index in [1.165, 1.54) is 38.8 Å². The van der Waals surface area contributed by atoms with Gasteiger partial charge in [-0.05, 0) is 53.1 Å². The maximum atomic E-state index is 11.6. The summed E-state index contributed by atoms with van der Waals surface area (Å²) >= 11 is 5.78. The van der Waals surface area contributed by atoms with Crippen LogP contribution in [0.2, 0.25) is 0 Å². The van der Waals surface area contributed by atoms with Gasteiger partial charge in [-0.3, -0.25) is 4.79 Å². The summed E-state index contributed by atoms with van der Waals surface area (Å²) in [6.45, 7) is 9.32. The van der Waals surface area contributed by atoms with Crippen molar-refractivity contribution >= 4 is 17.5 Å². The maximum absolute atomic E-state index is 11.6. The summed E-state index contributed by atoms with van der Waals surface area (Å²) in [5.41, 5.74) is -0.174. The second-order valence-corrected chi connectivity index (χ2v) is 6.65. The van der Waals surface area contributed by atoms with Crippen LogP contribution in [-0.2, 0) is 4.79 Å². The van der Waals surface area contributed by atoms with Crippen molar-refractivity contribution in [3.8, 4) is 0 Å². The third-order valence-corrected chi connectivity index (χ3v) is 3.77. The smallest absolute Gasteiger partial charge is 0.238 e. The van der Waals surface area contributed by atoms with E-state index < -0.39 is 5.38 Å². The van der Waals surface area contributed by atoms with E-state index in [9.17, 15) is 4.79 Å². The van der Waals surface area contributed by atoms with E-state index in [2.05, 4.69) is 24.1 Å². The lowest BCUT2D eigenvalue weighted by atomic mass is 10.00. The highest BCUT2D eigenvalue weighted by Gasteiger charge is 2.23. The van der Waals surface area contributed by atoms with Gasteiger partial charge in [0.25, 0.3) is 0 Å². The van der Waals surface area contributed by atoms with Crippen LogP contribution < -0.4 is 5.32 Å². The van der Waals surface area contributed by atoms with Gasteiger partial charge in [0.1, 0.15) is 5.38 Å². The Morgan fingerprint density at radius 1 is 1.28 bits per heavy atom. The summed E-state index contributed by atoms with van der Waals surface area (Å²) in [6.07, 6.45) is 6.32. The average Bonchev–Trinajstić information content (AvgIpc) is 2.54. The van der Waals surface area contributed by atoms with Crippen molar-refractivity contribution in [2.75, 3.05) is 19.6 Å². The fraction of sp³-hybridized carbons (Fsp3) is 0.929. The molecule has 1 saturated heterocycles. The minimum atomic E-state index is -0.456. The van der Waals surface area contributed by atoms with E-state index in [4.69, 9.17) is 11.6 Å². The fourth-order valence-electron chi connectivity index (χ4n) is 2.29. The molecule has 106 valence electrons. The molecular formula is C14H27ClN2O. The Morgan fingerprint density at radius 3 is 2.33 bits per heavy atom.